The lowest BCUT2D eigenvalue weighted by atomic mass is 9.98. The Kier molecular flexibility index (Phi) is 23.9. The second-order valence-electron chi connectivity index (χ2n) is 30.5. The number of hydrogen-bond acceptors (Lipinski definition) is 21. The van der Waals surface area contributed by atoms with Gasteiger partial charge >= 0.3 is 17.9 Å². The van der Waals surface area contributed by atoms with Crippen LogP contribution in [-0.2, 0) is 33.4 Å². The van der Waals surface area contributed by atoms with Crippen LogP contribution in [-0.4, -0.2) is 120 Å². The Bertz CT molecular complexity index is 5240. The highest BCUT2D eigenvalue weighted by atomic mass is 32.1. The molecule has 12 rings (SSSR count). The number of ether oxygens (including phenoxy) is 3. The van der Waals surface area contributed by atoms with Gasteiger partial charge < -0.3 is 31.0 Å². The maximum Gasteiger partial charge on any atom is 0.308 e. The van der Waals surface area contributed by atoms with E-state index in [1.807, 2.05) is 190 Å². The predicted octanol–water partition coefficient (Wildman–Crippen LogP) is 13.9. The third-order valence-electron chi connectivity index (χ3n) is 17.2. The highest BCUT2D eigenvalue weighted by Gasteiger charge is 2.38. The van der Waals surface area contributed by atoms with Crippen molar-refractivity contribution < 1.29 is 33.4 Å². The van der Waals surface area contributed by atoms with Gasteiger partial charge in [-0.2, -0.15) is 0 Å². The zero-order valence-corrected chi connectivity index (χ0v) is 68.1. The molecule has 0 radical (unpaired) electrons. The number of hydrogen-bond donors (Lipinski definition) is 3. The summed E-state index contributed by atoms with van der Waals surface area (Å²) >= 11 is 5.04. The molecule has 0 saturated carbocycles. The fourth-order valence-electron chi connectivity index (χ4n) is 12.1. The third-order valence-corrected chi connectivity index (χ3v) is 20.7. The molecule has 4 unspecified atom stereocenters. The molecule has 9 aromatic rings. The number of carbonyl (C=O) groups is 4. The third kappa shape index (κ3) is 19.1. The van der Waals surface area contributed by atoms with Gasteiger partial charge in [0, 0.05) is 71.6 Å². The topological polar surface area (TPSA) is 289 Å². The molecule has 4 atom stereocenters. The molecule has 562 valence electrons. The smallest absolute Gasteiger partial charge is 0.308 e. The lowest BCUT2D eigenvalue weighted by Crippen LogP contribution is -2.29. The minimum absolute atomic E-state index is 0.0541. The molecule has 3 aliphatic rings. The maximum absolute atomic E-state index is 12.9. The van der Waals surface area contributed by atoms with Crippen molar-refractivity contribution in [2.24, 2.45) is 26.4 Å². The van der Waals surface area contributed by atoms with Gasteiger partial charge in [-0.25, -0.2) is 0 Å². The summed E-state index contributed by atoms with van der Waals surface area (Å²) in [7, 11) is 0. The number of amides is 1. The summed E-state index contributed by atoms with van der Waals surface area (Å²) in [5, 5.41) is 32.0. The fraction of sp³-hybridized carbons (Fsp3) is 0.410. The first kappa shape index (κ1) is 80.2. The lowest BCUT2D eigenvalue weighted by molar-refractivity contribution is -0.156. The number of fused-ring (bicyclic) bond motifs is 9. The van der Waals surface area contributed by atoms with E-state index in [4.69, 9.17) is 40.7 Å². The molecule has 0 fully saturated rings. The van der Waals surface area contributed by atoms with Gasteiger partial charge in [0.2, 0.25) is 5.91 Å². The summed E-state index contributed by atoms with van der Waals surface area (Å²) in [6.45, 7) is 42.5. The first-order chi connectivity index (χ1) is 50.6. The summed E-state index contributed by atoms with van der Waals surface area (Å²) in [5.41, 5.74) is 23.8. The highest BCUT2D eigenvalue weighted by Crippen LogP contribution is 2.44. The number of nitrogens with one attached hydrogen (secondary N) is 1. The number of nitrogens with zero attached hydrogens (tertiary/aromatic N) is 12. The zero-order valence-electron chi connectivity index (χ0n) is 65.7. The standard InChI is InChI=1S/C28H31N5O3S.C28H33N5O2S.C27H31N5O2S/c1-16-17(2)37-27-24(16)25(21-12-10-20(11-13-21)9-8-14-29-19(4)34)30-22(15-23(35)36-28(5,6)7)26-32-31-18(3)33(26)27;1-16-17(2)36-26-23(16)24(20-11-9-19(10-12-20)13-14-28(7,8)29)30-21(15-22(34)35-27(4,5)6)25-32-31-18(3)33(25)26;1-15(28)8-9-19-10-12-20(13-11-19)24-23-16(2)17(3)35-26(23)32-18(4)30-31-25(32)21(29-24)14-22(33)34-27(5,6)7/h10-13,22H,14-15H2,1-7H3,(H,29,34);9-12,21H,15,29H2,1-8H3;10-13,15,21H,14,28H2,1-7H3. The summed E-state index contributed by atoms with van der Waals surface area (Å²) in [5.74, 6) is 21.4. The maximum atomic E-state index is 12.9. The van der Waals surface area contributed by atoms with Crippen LogP contribution in [0, 0.1) is 97.8 Å². The van der Waals surface area contributed by atoms with Gasteiger partial charge in [0.25, 0.3) is 0 Å². The van der Waals surface area contributed by atoms with Crippen molar-refractivity contribution in [1.29, 1.82) is 0 Å². The van der Waals surface area contributed by atoms with E-state index in [-0.39, 0.29) is 49.1 Å². The van der Waals surface area contributed by atoms with Crippen molar-refractivity contribution in [2.75, 3.05) is 6.54 Å². The lowest BCUT2D eigenvalue weighted by Gasteiger charge is -2.21. The second kappa shape index (κ2) is 32.2. The molecule has 25 heteroatoms. The fourth-order valence-corrected chi connectivity index (χ4v) is 15.7. The van der Waals surface area contributed by atoms with Crippen LogP contribution in [0.2, 0.25) is 0 Å². The van der Waals surface area contributed by atoms with Crippen molar-refractivity contribution >= 4 is 75.0 Å². The molecule has 5 N–H and O–H groups in total. The molecule has 6 aromatic heterocycles. The quantitative estimate of drug-likeness (QED) is 0.0651. The molecule has 0 saturated heterocycles. The van der Waals surface area contributed by atoms with Gasteiger partial charge in [0.05, 0.1) is 54.5 Å². The molecule has 1 amide bonds. The average molecular weight is 1510 g/mol. The Balaban J connectivity index is 0.000000173. The Morgan fingerprint density at radius 3 is 1.05 bits per heavy atom. The van der Waals surface area contributed by atoms with Crippen LogP contribution in [0.3, 0.4) is 0 Å². The number of aliphatic imine (C=N–C) groups is 3. The molecule has 108 heavy (non-hydrogen) atoms. The molecular weight excluding hydrogens is 1420 g/mol. The predicted molar refractivity (Wildman–Crippen MR) is 427 cm³/mol. The van der Waals surface area contributed by atoms with Crippen LogP contribution >= 0.6 is 34.0 Å². The van der Waals surface area contributed by atoms with E-state index in [1.54, 1.807) is 34.0 Å². The zero-order chi connectivity index (χ0) is 78.8. The highest BCUT2D eigenvalue weighted by molar-refractivity contribution is 7.15. The molecular formula is C83H95N15O7S3. The number of esters is 3. The van der Waals surface area contributed by atoms with Crippen LogP contribution in [0.4, 0.5) is 0 Å². The summed E-state index contributed by atoms with van der Waals surface area (Å²) in [4.78, 5) is 68.6. The number of carbonyl (C=O) groups excluding carboxylic acids is 4. The number of aromatic nitrogens is 9. The van der Waals surface area contributed by atoms with E-state index in [0.717, 1.165) is 116 Å². The van der Waals surface area contributed by atoms with Crippen LogP contribution in [0.25, 0.3) is 15.0 Å². The molecule has 9 heterocycles. The van der Waals surface area contributed by atoms with Gasteiger partial charge in [-0.05, 0) is 198 Å². The Morgan fingerprint density at radius 2 is 0.769 bits per heavy atom. The summed E-state index contributed by atoms with van der Waals surface area (Å²) < 4.78 is 23.0. The van der Waals surface area contributed by atoms with E-state index in [9.17, 15) is 19.2 Å². The normalized spacial score (nSPS) is 15.1. The molecule has 0 aliphatic carbocycles. The van der Waals surface area contributed by atoms with E-state index in [2.05, 4.69) is 113 Å². The van der Waals surface area contributed by atoms with E-state index >= 15 is 0 Å². The molecule has 0 spiro atoms. The molecule has 0 bridgehead atoms. The van der Waals surface area contributed by atoms with Crippen molar-refractivity contribution in [2.45, 2.75) is 218 Å². The Labute approximate surface area is 644 Å². The van der Waals surface area contributed by atoms with Crippen LogP contribution in [0.15, 0.2) is 87.8 Å². The first-order valence-corrected chi connectivity index (χ1v) is 38.2. The van der Waals surface area contributed by atoms with E-state index in [1.165, 1.54) is 21.6 Å². The largest absolute Gasteiger partial charge is 0.460 e. The molecule has 22 nitrogen and oxygen atoms in total. The molecule has 3 aromatic carbocycles. The van der Waals surface area contributed by atoms with Crippen molar-refractivity contribution in [3.05, 3.63) is 189 Å². The summed E-state index contributed by atoms with van der Waals surface area (Å²) in [6, 6.07) is 22.0. The van der Waals surface area contributed by atoms with Gasteiger partial charge in [-0.15, -0.1) is 64.6 Å². The monoisotopic (exact) mass is 1510 g/mol. The minimum atomic E-state index is -0.596. The number of thiophene rings is 3. The van der Waals surface area contributed by atoms with Crippen molar-refractivity contribution in [1.82, 2.24) is 49.6 Å². The van der Waals surface area contributed by atoms with E-state index in [0.29, 0.717) is 24.0 Å². The second-order valence-corrected chi connectivity index (χ2v) is 34.1. The van der Waals surface area contributed by atoms with Gasteiger partial charge in [-0.3, -0.25) is 47.9 Å². The number of nitrogens with two attached hydrogens (primary N) is 2. The Hall–Kier alpha value is -10.3. The van der Waals surface area contributed by atoms with Crippen molar-refractivity contribution in [3.63, 3.8) is 0 Å². The minimum Gasteiger partial charge on any atom is -0.460 e. The van der Waals surface area contributed by atoms with Crippen LogP contribution in [0.1, 0.15) is 244 Å². The van der Waals surface area contributed by atoms with Crippen LogP contribution < -0.4 is 16.8 Å². The number of aryl methyl sites for hydroxylation is 6. The number of benzene rings is 3. The first-order valence-electron chi connectivity index (χ1n) is 35.7. The average Bonchev–Trinajstić information content (AvgIpc) is 1.60. The summed E-state index contributed by atoms with van der Waals surface area (Å²) in [6.07, 6.45) is 0.198. The van der Waals surface area contributed by atoms with Gasteiger partial charge in [0.15, 0.2) is 17.5 Å². The van der Waals surface area contributed by atoms with Gasteiger partial charge in [0.1, 0.15) is 67.4 Å². The Morgan fingerprint density at radius 1 is 0.472 bits per heavy atom. The van der Waals surface area contributed by atoms with Gasteiger partial charge in [-0.1, -0.05) is 71.9 Å². The van der Waals surface area contributed by atoms with Crippen molar-refractivity contribution in [3.8, 4) is 50.5 Å². The molecule has 3 aliphatic heterocycles. The number of rotatable bonds is 10. The SMILES string of the molecule is CC(=O)NCC#Cc1ccc(C2=NC(CC(=O)OC(C)(C)C)c3nnc(C)n3-c3sc(C)c(C)c32)cc1.Cc1sc2c(c1C)C(c1ccc(C#CC(C)(C)N)cc1)=NC(CC(=O)OC(C)(C)C)c1nnc(C)n1-2.Cc1sc2c(c1C)C(c1ccc(C#CC(C)N)cc1)=NC(CC(=O)OC(C)(C)C)c1nnc(C)n1-2. The van der Waals surface area contributed by atoms with E-state index < -0.39 is 40.5 Å². The van der Waals surface area contributed by atoms with Crippen LogP contribution in [0.5, 0.6) is 0 Å².